The summed E-state index contributed by atoms with van der Waals surface area (Å²) in [6.07, 6.45) is 1.90. The van der Waals surface area contributed by atoms with Crippen molar-refractivity contribution >= 4 is 10.8 Å². The van der Waals surface area contributed by atoms with Gasteiger partial charge in [0, 0.05) is 107 Å². The van der Waals surface area contributed by atoms with E-state index in [2.05, 4.69) is 352 Å². The molecule has 0 aliphatic heterocycles. The van der Waals surface area contributed by atoms with Gasteiger partial charge in [-0.15, -0.1) is 0 Å². The molecule has 0 saturated carbocycles. The number of benzene rings is 15. The van der Waals surface area contributed by atoms with Crippen LogP contribution in [0.15, 0.2) is 437 Å². The summed E-state index contributed by atoms with van der Waals surface area (Å²) in [7, 11) is 0. The molecule has 0 unspecified atom stereocenters. The second-order valence-corrected chi connectivity index (χ2v) is 33.3. The summed E-state index contributed by atoms with van der Waals surface area (Å²) in [6, 6.07) is 148. The van der Waals surface area contributed by atoms with Gasteiger partial charge in [0.25, 0.3) is 0 Å². The third kappa shape index (κ3) is 19.5. The molecule has 131 heavy (non-hydrogen) atoms. The van der Waals surface area contributed by atoms with Crippen molar-refractivity contribution in [2.75, 3.05) is 0 Å². The molecule has 0 aliphatic rings. The molecule has 0 fully saturated rings. The van der Waals surface area contributed by atoms with Crippen LogP contribution < -0.4 is 0 Å². The van der Waals surface area contributed by atoms with Crippen LogP contribution in [0, 0.1) is 20.8 Å². The lowest BCUT2D eigenvalue weighted by atomic mass is 9.89. The zero-order valence-electron chi connectivity index (χ0n) is 73.4. The summed E-state index contributed by atoms with van der Waals surface area (Å²) in [5, 5.41) is 2.36. The number of aromatic nitrogens is 12. The van der Waals surface area contributed by atoms with E-state index in [4.69, 9.17) is 49.8 Å². The predicted octanol–water partition coefficient (Wildman–Crippen LogP) is 29.5. The number of hydrogen-bond acceptors (Lipinski definition) is 12. The van der Waals surface area contributed by atoms with E-state index in [-0.39, 0.29) is 5.41 Å². The van der Waals surface area contributed by atoms with E-state index in [1.165, 1.54) is 27.6 Å². The predicted molar refractivity (Wildman–Crippen MR) is 536 cm³/mol. The summed E-state index contributed by atoms with van der Waals surface area (Å²) in [5.41, 5.74) is 30.5. The third-order valence-electron chi connectivity index (χ3n) is 23.2. The van der Waals surface area contributed by atoms with Crippen molar-refractivity contribution in [1.82, 2.24) is 59.8 Å². The summed E-state index contributed by atoms with van der Waals surface area (Å²) < 4.78 is 0. The highest BCUT2D eigenvalue weighted by molar-refractivity contribution is 5.95. The molecule has 0 saturated heterocycles. The monoisotopic (exact) mass is 1690 g/mol. The Morgan fingerprint density at radius 2 is 0.427 bits per heavy atom. The molecule has 21 rings (SSSR count). The minimum absolute atomic E-state index is 0.0643. The van der Waals surface area contributed by atoms with E-state index < -0.39 is 0 Å². The first-order valence-electron chi connectivity index (χ1n) is 44.0. The highest BCUT2D eigenvalue weighted by Crippen LogP contribution is 2.38. The maximum absolute atomic E-state index is 5.18. The zero-order chi connectivity index (χ0) is 89.0. The molecule has 12 heteroatoms. The first kappa shape index (κ1) is 83.6. The summed E-state index contributed by atoms with van der Waals surface area (Å²) >= 11 is 0. The van der Waals surface area contributed by atoms with Gasteiger partial charge in [-0.25, -0.2) is 44.9 Å². The van der Waals surface area contributed by atoms with Crippen LogP contribution in [-0.4, -0.2) is 59.8 Å². The minimum atomic E-state index is -0.0643. The van der Waals surface area contributed by atoms with Crippen LogP contribution in [0.25, 0.3) is 202 Å². The van der Waals surface area contributed by atoms with Crippen LogP contribution in [0.5, 0.6) is 0 Å². The number of pyridine rings is 3. The number of rotatable bonds is 17. The topological polar surface area (TPSA) is 155 Å². The van der Waals surface area contributed by atoms with E-state index in [9.17, 15) is 0 Å². The SMILES string of the molecule is CC(C)(C)c1cc2ccccc2c(-c2ccc(-c3cccc(-c4nc(-c5ccc(-c6ccccc6)cc5)nc(-c5ccc(-c6ccccc6)cc5)n4)c3)cc2)n1.Cc1ccc(-c2ccc(-c3nc(-c4ccccc4)nc(-c4ccc(-c5ccccc5)cc4)n3)cc2)c(C)n1.Cc1ccc(-c2ccc(-c3nc(-c4ccccc4)nc(-c4ccc(-c5ccccc5)cc4)n3)cc2)cn1. The largest absolute Gasteiger partial charge is 0.261 e. The fourth-order valence-electron chi connectivity index (χ4n) is 15.9. The van der Waals surface area contributed by atoms with E-state index >= 15 is 0 Å². The van der Waals surface area contributed by atoms with Crippen LogP contribution >= 0.6 is 0 Å². The lowest BCUT2D eigenvalue weighted by molar-refractivity contribution is 0.571. The van der Waals surface area contributed by atoms with Gasteiger partial charge in [0.1, 0.15) is 0 Å². The Morgan fingerprint density at radius 3 is 0.763 bits per heavy atom. The average molecular weight is 1690 g/mol. The van der Waals surface area contributed by atoms with E-state index in [1.807, 2.05) is 136 Å². The summed E-state index contributed by atoms with van der Waals surface area (Å²) in [5.74, 6) is 5.77. The van der Waals surface area contributed by atoms with Gasteiger partial charge < -0.3 is 0 Å². The lowest BCUT2D eigenvalue weighted by Crippen LogP contribution is -2.14. The average Bonchev–Trinajstić information content (AvgIpc) is 0.823. The molecule has 0 N–H and O–H groups in total. The third-order valence-corrected chi connectivity index (χ3v) is 23.2. The fourth-order valence-corrected chi connectivity index (χ4v) is 15.9. The molecule has 0 aliphatic carbocycles. The molecule has 0 spiro atoms. The number of hydrogen-bond donors (Lipinski definition) is 0. The maximum Gasteiger partial charge on any atom is 0.164 e. The van der Waals surface area contributed by atoms with Gasteiger partial charge >= 0.3 is 0 Å². The molecule has 6 aromatic heterocycles. The van der Waals surface area contributed by atoms with E-state index in [1.54, 1.807) is 0 Å². The molecule has 0 atom stereocenters. The Balaban J connectivity index is 0.000000131. The first-order chi connectivity index (χ1) is 64.2. The number of nitrogens with zero attached hydrogens (tertiary/aromatic N) is 12. The first-order valence-corrected chi connectivity index (χ1v) is 44.0. The quantitative estimate of drug-likeness (QED) is 0.0852. The highest BCUT2D eigenvalue weighted by atomic mass is 15.1. The van der Waals surface area contributed by atoms with Crippen LogP contribution in [0.2, 0.25) is 0 Å². The van der Waals surface area contributed by atoms with Crippen molar-refractivity contribution in [2.45, 2.75) is 47.0 Å². The summed E-state index contributed by atoms with van der Waals surface area (Å²) in [6.45, 7) is 12.7. The van der Waals surface area contributed by atoms with Gasteiger partial charge in [-0.3, -0.25) is 15.0 Å². The van der Waals surface area contributed by atoms with Crippen LogP contribution in [0.4, 0.5) is 0 Å². The van der Waals surface area contributed by atoms with Crippen LogP contribution in [0.1, 0.15) is 43.5 Å². The number of aryl methyl sites for hydroxylation is 3. The van der Waals surface area contributed by atoms with Gasteiger partial charge in [0.2, 0.25) is 0 Å². The van der Waals surface area contributed by atoms with Gasteiger partial charge in [0.05, 0.1) is 5.69 Å². The van der Waals surface area contributed by atoms with Crippen molar-refractivity contribution in [2.24, 2.45) is 0 Å². The molecule has 0 amide bonds. The van der Waals surface area contributed by atoms with E-state index in [0.717, 1.165) is 145 Å². The van der Waals surface area contributed by atoms with Crippen LogP contribution in [0.3, 0.4) is 0 Å². The molecule has 12 nitrogen and oxygen atoms in total. The van der Waals surface area contributed by atoms with Crippen molar-refractivity contribution in [3.05, 3.63) is 460 Å². The Kier molecular flexibility index (Phi) is 24.3. The maximum atomic E-state index is 5.18. The number of fused-ring (bicyclic) bond motifs is 1. The van der Waals surface area contributed by atoms with Crippen molar-refractivity contribution in [1.29, 1.82) is 0 Å². The smallest absolute Gasteiger partial charge is 0.164 e. The standard InChI is InChI=1S/C52H40N4.C34H26N4.C33H24N4/c1-52(2,3)47-34-44-17-10-11-20-46(44)48(53-47)40-27-21-39(22-28-40)43-18-12-19-45(33-43)51-55-49(41-29-23-37(24-30-41)35-13-6-4-7-14-35)54-50(56-51)42-31-25-38(26-32-42)36-15-8-5-9-16-36;1-23-13-22-31(24(2)35-23)27-16-20-30(21-17-27)34-37-32(28-11-7-4-8-12-28)36-33(38-34)29-18-14-26(15-19-29)25-9-5-3-6-10-25;1-23-12-13-30(22-34-23)26-16-20-29(21-17-26)33-36-31(27-10-6-3-7-11-27)35-32(37-33)28-18-14-25(15-19-28)24-8-4-2-5-9-24/h4-34H,1-3H3;3-22H,1-2H3;2-22H,1H3. The van der Waals surface area contributed by atoms with Gasteiger partial charge in [-0.2, -0.15) is 0 Å². The normalized spacial score (nSPS) is 11.1. The van der Waals surface area contributed by atoms with Crippen molar-refractivity contribution in [3.63, 3.8) is 0 Å². The van der Waals surface area contributed by atoms with Gasteiger partial charge in [0.15, 0.2) is 52.4 Å². The molecule has 6 heterocycles. The molecule has 0 radical (unpaired) electrons. The summed E-state index contributed by atoms with van der Waals surface area (Å²) in [4.78, 5) is 58.6. The van der Waals surface area contributed by atoms with Crippen molar-refractivity contribution < 1.29 is 0 Å². The molecular formula is C119H90N12. The Hall–Kier alpha value is -17.0. The van der Waals surface area contributed by atoms with Gasteiger partial charge in [-0.05, 0) is 117 Å². The molecule has 626 valence electrons. The van der Waals surface area contributed by atoms with E-state index in [0.29, 0.717) is 52.4 Å². The molecular weight excluding hydrogens is 1600 g/mol. The Bertz CT molecular complexity index is 7420. The Labute approximate surface area is 763 Å². The highest BCUT2D eigenvalue weighted by Gasteiger charge is 2.22. The Morgan fingerprint density at radius 1 is 0.176 bits per heavy atom. The van der Waals surface area contributed by atoms with Crippen molar-refractivity contribution in [3.8, 4) is 192 Å². The molecule has 21 aromatic rings. The second-order valence-electron chi connectivity index (χ2n) is 33.3. The minimum Gasteiger partial charge on any atom is -0.261 e. The molecule has 15 aromatic carbocycles. The second kappa shape index (κ2) is 38.1. The lowest BCUT2D eigenvalue weighted by Gasteiger charge is -2.20. The van der Waals surface area contributed by atoms with Crippen LogP contribution in [-0.2, 0) is 5.41 Å². The zero-order valence-corrected chi connectivity index (χ0v) is 73.4. The molecule has 0 bridgehead atoms. The van der Waals surface area contributed by atoms with Gasteiger partial charge in [-0.1, -0.05) is 427 Å². The fraction of sp³-hybridized carbons (Fsp3) is 0.0588.